The van der Waals surface area contributed by atoms with E-state index in [-0.39, 0.29) is 40.0 Å². The summed E-state index contributed by atoms with van der Waals surface area (Å²) in [5.41, 5.74) is 1.37. The molecule has 0 bridgehead atoms. The van der Waals surface area contributed by atoms with Gasteiger partial charge in [0, 0.05) is 17.4 Å². The summed E-state index contributed by atoms with van der Waals surface area (Å²) in [5, 5.41) is 0.218. The first-order chi connectivity index (χ1) is 11.9. The van der Waals surface area contributed by atoms with Gasteiger partial charge in [0.05, 0.1) is 22.1 Å². The molecule has 0 radical (unpaired) electrons. The van der Waals surface area contributed by atoms with E-state index in [0.717, 1.165) is 0 Å². The number of rotatable bonds is 6. The van der Waals surface area contributed by atoms with Crippen LogP contribution >= 0.6 is 19.7 Å². The van der Waals surface area contributed by atoms with Gasteiger partial charge in [0.2, 0.25) is 14.3 Å². The van der Waals surface area contributed by atoms with E-state index in [1.54, 1.807) is 0 Å². The first-order valence-corrected chi connectivity index (χ1v) is 9.45. The predicted molar refractivity (Wildman–Crippen MR) is 88.9 cm³/mol. The molecule has 3 rings (SSSR count). The number of halogens is 4. The lowest BCUT2D eigenvalue weighted by Gasteiger charge is -2.16. The maximum Gasteiger partial charge on any atom is 0.348 e. The summed E-state index contributed by atoms with van der Waals surface area (Å²) in [6.45, 7) is 1.00. The Kier molecular flexibility index (Phi) is 4.67. The summed E-state index contributed by atoms with van der Waals surface area (Å²) in [5.74, 6) is -4.64. The zero-order valence-corrected chi connectivity index (χ0v) is 15.0. The number of hydrogen-bond donors (Lipinski definition) is 3. The summed E-state index contributed by atoms with van der Waals surface area (Å²) < 4.78 is 59.8. The second kappa shape index (κ2) is 6.30. The van der Waals surface area contributed by atoms with E-state index in [2.05, 4.69) is 0 Å². The van der Waals surface area contributed by atoms with Crippen molar-refractivity contribution in [2.45, 2.75) is 24.9 Å². The number of alkyl halides is 4. The summed E-state index contributed by atoms with van der Waals surface area (Å²) in [6, 6.07) is 2.50. The number of fused-ring (bicyclic) bond motifs is 1. The Morgan fingerprint density at radius 1 is 1.46 bits per heavy atom. The Morgan fingerprint density at radius 2 is 2.08 bits per heavy atom. The molecule has 11 heteroatoms. The van der Waals surface area contributed by atoms with Gasteiger partial charge in [0.15, 0.2) is 0 Å². The fraction of sp³-hybridized carbons (Fsp3) is 0.400. The molecule has 1 saturated carbocycles. The molecule has 0 aliphatic heterocycles. The molecule has 5 nitrogen and oxygen atoms in total. The maximum atomic E-state index is 14.1. The van der Waals surface area contributed by atoms with Crippen molar-refractivity contribution < 1.29 is 36.9 Å². The van der Waals surface area contributed by atoms with Gasteiger partial charge >= 0.3 is 5.66 Å². The summed E-state index contributed by atoms with van der Waals surface area (Å²) in [4.78, 5) is 29.0. The normalized spacial score (nSPS) is 19.2. The van der Waals surface area contributed by atoms with Crippen LogP contribution in [-0.4, -0.2) is 28.2 Å². The van der Waals surface area contributed by atoms with Crippen LogP contribution in [0.4, 0.5) is 17.6 Å². The lowest BCUT2D eigenvalue weighted by molar-refractivity contribution is 0.0766. The van der Waals surface area contributed by atoms with Crippen LogP contribution in [0.15, 0.2) is 12.1 Å². The van der Waals surface area contributed by atoms with Gasteiger partial charge in [0.25, 0.3) is 5.92 Å². The Morgan fingerprint density at radius 3 is 2.58 bits per heavy atom. The molecule has 0 saturated heterocycles. The molecule has 1 aliphatic carbocycles. The number of carbonyl (C=O) groups is 1. The number of carbonyl (C=O) groups excluding carboxylic acids is 1. The highest BCUT2D eigenvalue weighted by atomic mass is 32.1. The van der Waals surface area contributed by atoms with Gasteiger partial charge in [-0.2, -0.15) is 8.78 Å². The van der Waals surface area contributed by atoms with Crippen LogP contribution in [0.2, 0.25) is 0 Å². The number of ether oxygens (including phenoxy) is 1. The Hall–Kier alpha value is -1.48. The molecule has 1 aromatic carbocycles. The molecule has 142 valence electrons. The maximum absolute atomic E-state index is 14.1. The topological polar surface area (TPSA) is 92.8 Å². The Bertz CT molecular complexity index is 886. The summed E-state index contributed by atoms with van der Waals surface area (Å²) in [6.07, 6.45) is -0.322. The molecule has 1 aromatic heterocycles. The standard InChI is InChI=1S/C15H14F4NO4PS/c1-6-9-2-7(13(20)21)3-10(24-5-8-4-14(8,16)17)11(9)26-12(6)15(18,19)25(22)23/h2-3,8,22-23H,4-5H2,1H3,(H2,20,21). The van der Waals surface area contributed by atoms with Crippen LogP contribution in [0, 0.1) is 12.8 Å². The minimum atomic E-state index is -3.88. The third-order valence-electron chi connectivity index (χ3n) is 4.21. The average molecular weight is 411 g/mol. The number of aryl methyl sites for hydroxylation is 1. The van der Waals surface area contributed by atoms with Crippen LogP contribution in [0.25, 0.3) is 10.1 Å². The van der Waals surface area contributed by atoms with Gasteiger partial charge in [-0.3, -0.25) is 4.79 Å². The number of hydrogen-bond acceptors (Lipinski definition) is 5. The average Bonchev–Trinajstić information content (AvgIpc) is 3.00. The lowest BCUT2D eigenvalue weighted by Crippen LogP contribution is -2.12. The lowest BCUT2D eigenvalue weighted by atomic mass is 10.1. The third kappa shape index (κ3) is 3.26. The zero-order chi connectivity index (χ0) is 19.4. The van der Waals surface area contributed by atoms with Crippen molar-refractivity contribution >= 4 is 35.7 Å². The van der Waals surface area contributed by atoms with Crippen LogP contribution in [0.1, 0.15) is 27.2 Å². The van der Waals surface area contributed by atoms with Gasteiger partial charge in [0.1, 0.15) is 5.75 Å². The Labute approximate surface area is 150 Å². The molecule has 26 heavy (non-hydrogen) atoms. The minimum Gasteiger partial charge on any atom is -0.492 e. The first kappa shape index (κ1) is 19.3. The molecule has 4 N–H and O–H groups in total. The van der Waals surface area contributed by atoms with E-state index in [1.165, 1.54) is 19.1 Å². The minimum absolute atomic E-state index is 0.0191. The molecule has 1 amide bonds. The van der Waals surface area contributed by atoms with Crippen LogP contribution in [0.3, 0.4) is 0 Å². The Balaban J connectivity index is 2.08. The van der Waals surface area contributed by atoms with Crippen molar-refractivity contribution in [2.24, 2.45) is 11.7 Å². The summed E-state index contributed by atoms with van der Waals surface area (Å²) >= 11 is 0.560. The molecular weight excluding hydrogens is 397 g/mol. The number of primary amides is 1. The van der Waals surface area contributed by atoms with E-state index < -0.39 is 36.7 Å². The van der Waals surface area contributed by atoms with Crippen LogP contribution < -0.4 is 10.5 Å². The summed E-state index contributed by atoms with van der Waals surface area (Å²) in [7, 11) is -3.58. The number of thiophene rings is 1. The van der Waals surface area contributed by atoms with Crippen LogP contribution in [0.5, 0.6) is 5.75 Å². The van der Waals surface area contributed by atoms with Crippen molar-refractivity contribution in [3.63, 3.8) is 0 Å². The molecular formula is C15H14F4NO4PS. The quantitative estimate of drug-likeness (QED) is 0.499. The fourth-order valence-corrected chi connectivity index (χ4v) is 4.42. The molecule has 0 spiro atoms. The molecule has 1 atom stereocenters. The van der Waals surface area contributed by atoms with Gasteiger partial charge in [-0.15, -0.1) is 11.3 Å². The number of amides is 1. The van der Waals surface area contributed by atoms with Crippen molar-refractivity contribution in [1.29, 1.82) is 0 Å². The highest BCUT2D eigenvalue weighted by Crippen LogP contribution is 2.57. The van der Waals surface area contributed by atoms with E-state index in [1.807, 2.05) is 0 Å². The molecule has 1 aliphatic rings. The van der Waals surface area contributed by atoms with E-state index in [9.17, 15) is 22.4 Å². The highest BCUT2D eigenvalue weighted by Gasteiger charge is 2.57. The van der Waals surface area contributed by atoms with E-state index >= 15 is 0 Å². The second-order valence-electron chi connectivity index (χ2n) is 6.08. The first-order valence-electron chi connectivity index (χ1n) is 7.39. The van der Waals surface area contributed by atoms with Gasteiger partial charge in [-0.1, -0.05) is 0 Å². The highest BCUT2D eigenvalue weighted by molar-refractivity contribution is 7.46. The van der Waals surface area contributed by atoms with Crippen molar-refractivity contribution in [1.82, 2.24) is 0 Å². The second-order valence-corrected chi connectivity index (χ2v) is 8.24. The zero-order valence-electron chi connectivity index (χ0n) is 13.3. The molecule has 1 heterocycles. The number of benzene rings is 1. The number of nitrogens with two attached hydrogens (primary N) is 1. The van der Waals surface area contributed by atoms with Gasteiger partial charge in [-0.25, -0.2) is 8.78 Å². The molecule has 2 aromatic rings. The van der Waals surface area contributed by atoms with E-state index in [4.69, 9.17) is 20.3 Å². The van der Waals surface area contributed by atoms with Crippen molar-refractivity contribution in [2.75, 3.05) is 6.61 Å². The molecule has 1 unspecified atom stereocenters. The van der Waals surface area contributed by atoms with Crippen molar-refractivity contribution in [3.05, 3.63) is 28.1 Å². The monoisotopic (exact) mass is 411 g/mol. The van der Waals surface area contributed by atoms with Gasteiger partial charge in [-0.05, 0) is 24.6 Å². The van der Waals surface area contributed by atoms with Gasteiger partial charge < -0.3 is 20.3 Å². The molecule has 1 fully saturated rings. The fourth-order valence-electron chi connectivity index (χ4n) is 2.56. The predicted octanol–water partition coefficient (Wildman–Crippen LogP) is 3.69. The smallest absolute Gasteiger partial charge is 0.348 e. The van der Waals surface area contributed by atoms with Crippen molar-refractivity contribution in [3.8, 4) is 5.75 Å². The largest absolute Gasteiger partial charge is 0.492 e. The SMILES string of the molecule is Cc1c(C(F)(F)P(O)O)sc2c(OCC3CC3(F)F)cc(C(N)=O)cc12. The van der Waals surface area contributed by atoms with E-state index in [0.29, 0.717) is 11.3 Å². The van der Waals surface area contributed by atoms with Crippen LogP contribution in [-0.2, 0) is 5.66 Å². The third-order valence-corrected chi connectivity index (χ3v) is 6.48.